The van der Waals surface area contributed by atoms with E-state index in [0.29, 0.717) is 29.1 Å². The van der Waals surface area contributed by atoms with Crippen molar-refractivity contribution in [2.75, 3.05) is 13.2 Å². The molecule has 1 aliphatic carbocycles. The van der Waals surface area contributed by atoms with E-state index in [1.165, 1.54) is 0 Å². The van der Waals surface area contributed by atoms with Crippen molar-refractivity contribution in [3.8, 4) is 0 Å². The third-order valence-corrected chi connectivity index (χ3v) is 6.44. The second-order valence-electron chi connectivity index (χ2n) is 8.39. The molecule has 6 nitrogen and oxygen atoms in total. The minimum atomic E-state index is -0.674. The van der Waals surface area contributed by atoms with Gasteiger partial charge in [0.1, 0.15) is 5.69 Å². The van der Waals surface area contributed by atoms with E-state index in [0.717, 1.165) is 12.0 Å². The van der Waals surface area contributed by atoms with Gasteiger partial charge in [-0.3, -0.25) is 9.59 Å². The van der Waals surface area contributed by atoms with Crippen LogP contribution in [0.3, 0.4) is 0 Å². The maximum atomic E-state index is 13.6. The van der Waals surface area contributed by atoms with Crippen LogP contribution in [-0.2, 0) is 16.6 Å². The Morgan fingerprint density at radius 2 is 1.91 bits per heavy atom. The molecule has 3 rings (SSSR count). The highest BCUT2D eigenvalue weighted by atomic mass is 16.5. The number of ketones is 1. The first-order valence-electron chi connectivity index (χ1n) is 11.1. The van der Waals surface area contributed by atoms with E-state index < -0.39 is 12.0 Å². The Kier molecular flexibility index (Phi) is 7.02. The van der Waals surface area contributed by atoms with E-state index >= 15 is 0 Å². The average molecular weight is 437 g/mol. The molecule has 1 heterocycles. The summed E-state index contributed by atoms with van der Waals surface area (Å²) in [5.41, 5.74) is 3.26. The number of carbonyl (C=O) groups excluding carboxylic acids is 3. The van der Waals surface area contributed by atoms with Crippen LogP contribution in [0.1, 0.15) is 63.9 Å². The Bertz CT molecular complexity index is 1040. The monoisotopic (exact) mass is 436 g/mol. The van der Waals surface area contributed by atoms with Gasteiger partial charge < -0.3 is 14.2 Å². The first-order chi connectivity index (χ1) is 15.2. The molecule has 1 amide bonds. The van der Waals surface area contributed by atoms with E-state index in [9.17, 15) is 14.4 Å². The summed E-state index contributed by atoms with van der Waals surface area (Å²) in [7, 11) is 1.75. The summed E-state index contributed by atoms with van der Waals surface area (Å²) < 4.78 is 6.86. The van der Waals surface area contributed by atoms with Gasteiger partial charge in [0.2, 0.25) is 5.91 Å². The van der Waals surface area contributed by atoms with Crippen LogP contribution in [0.15, 0.2) is 43.0 Å². The molecule has 2 unspecified atom stereocenters. The van der Waals surface area contributed by atoms with Gasteiger partial charge in [0.25, 0.3) is 0 Å². The predicted molar refractivity (Wildman–Crippen MR) is 124 cm³/mol. The highest BCUT2D eigenvalue weighted by Gasteiger charge is 2.47. The second kappa shape index (κ2) is 9.55. The third-order valence-electron chi connectivity index (χ3n) is 6.44. The Morgan fingerprint density at radius 3 is 2.50 bits per heavy atom. The number of Topliss-reactive ketones (excluding diaryl/α,β-unsaturated/α-hetero) is 1. The minimum Gasteiger partial charge on any atom is -0.461 e. The quantitative estimate of drug-likeness (QED) is 0.336. The largest absolute Gasteiger partial charge is 0.461 e. The van der Waals surface area contributed by atoms with Gasteiger partial charge in [0.15, 0.2) is 5.78 Å². The molecule has 0 aliphatic heterocycles. The van der Waals surface area contributed by atoms with Crippen LogP contribution in [-0.4, -0.2) is 46.3 Å². The summed E-state index contributed by atoms with van der Waals surface area (Å²) in [5.74, 6) is -0.602. The molecule has 32 heavy (non-hydrogen) atoms. The Labute approximate surface area is 189 Å². The highest BCUT2D eigenvalue weighted by Crippen LogP contribution is 2.48. The van der Waals surface area contributed by atoms with Gasteiger partial charge in [-0.25, -0.2) is 4.79 Å². The lowest BCUT2D eigenvalue weighted by molar-refractivity contribution is -0.133. The summed E-state index contributed by atoms with van der Waals surface area (Å²) in [4.78, 5) is 40.9. The Hall–Kier alpha value is -3.15. The fourth-order valence-electron chi connectivity index (χ4n) is 4.51. The van der Waals surface area contributed by atoms with Crippen molar-refractivity contribution in [1.82, 2.24) is 9.47 Å². The van der Waals surface area contributed by atoms with E-state index in [1.54, 1.807) is 43.4 Å². The number of carbonyl (C=O) groups is 3. The zero-order chi connectivity index (χ0) is 23.6. The van der Waals surface area contributed by atoms with Crippen LogP contribution in [0.4, 0.5) is 0 Å². The molecular formula is C26H32N2O4. The third kappa shape index (κ3) is 4.27. The number of nitrogens with zero attached hydrogens (tertiary/aromatic N) is 2. The van der Waals surface area contributed by atoms with Crippen molar-refractivity contribution in [3.63, 3.8) is 0 Å². The summed E-state index contributed by atoms with van der Waals surface area (Å²) in [6, 6.07) is 9.32. The molecule has 1 aromatic heterocycles. The van der Waals surface area contributed by atoms with E-state index in [2.05, 4.69) is 6.58 Å². The number of ether oxygens (including phenoxy) is 1. The van der Waals surface area contributed by atoms with Crippen molar-refractivity contribution in [1.29, 1.82) is 0 Å². The standard InChI is InChI=1S/C26H32N2O4/c1-7-14-28(25(30)21-15-20(21)19-12-10-9-11-13-19)18(5)24(29)22-16(3)23(26(31)32-8-2)27(6)17(22)4/h7,9-13,18,20-21H,1,8,14-15H2,2-6H3/t18?,20-,21?/m0/s1. The van der Waals surface area contributed by atoms with Crippen LogP contribution >= 0.6 is 0 Å². The number of benzene rings is 1. The summed E-state index contributed by atoms with van der Waals surface area (Å²) >= 11 is 0. The maximum absolute atomic E-state index is 13.6. The molecular weight excluding hydrogens is 404 g/mol. The first kappa shape index (κ1) is 23.5. The van der Waals surface area contributed by atoms with Crippen molar-refractivity contribution in [3.05, 3.63) is 71.1 Å². The van der Waals surface area contributed by atoms with Crippen LogP contribution < -0.4 is 0 Å². The van der Waals surface area contributed by atoms with Crippen LogP contribution in [0, 0.1) is 19.8 Å². The molecule has 1 saturated carbocycles. The summed E-state index contributed by atoms with van der Waals surface area (Å²) in [6.07, 6.45) is 2.43. The predicted octanol–water partition coefficient (Wildman–Crippen LogP) is 4.21. The maximum Gasteiger partial charge on any atom is 0.355 e. The van der Waals surface area contributed by atoms with Gasteiger partial charge >= 0.3 is 5.97 Å². The normalized spacial score (nSPS) is 18.0. The first-order valence-corrected chi connectivity index (χ1v) is 11.1. The Balaban J connectivity index is 1.86. The van der Waals surface area contributed by atoms with Gasteiger partial charge in [-0.05, 0) is 51.2 Å². The van der Waals surface area contributed by atoms with E-state index in [-0.39, 0.29) is 30.1 Å². The second-order valence-corrected chi connectivity index (χ2v) is 8.39. The molecule has 0 spiro atoms. The lowest BCUT2D eigenvalue weighted by atomic mass is 9.99. The van der Waals surface area contributed by atoms with Crippen LogP contribution in [0.5, 0.6) is 0 Å². The smallest absolute Gasteiger partial charge is 0.355 e. The van der Waals surface area contributed by atoms with E-state index in [1.807, 2.05) is 37.3 Å². The fourth-order valence-corrected chi connectivity index (χ4v) is 4.51. The average Bonchev–Trinajstić information content (AvgIpc) is 3.54. The highest BCUT2D eigenvalue weighted by molar-refractivity contribution is 6.06. The van der Waals surface area contributed by atoms with Gasteiger partial charge in [0.05, 0.1) is 12.6 Å². The Morgan fingerprint density at radius 1 is 1.25 bits per heavy atom. The molecule has 0 saturated heterocycles. The van der Waals surface area contributed by atoms with Gasteiger partial charge in [-0.1, -0.05) is 36.4 Å². The molecule has 0 radical (unpaired) electrons. The minimum absolute atomic E-state index is 0.0311. The fraction of sp³-hybridized carbons (Fsp3) is 0.423. The van der Waals surface area contributed by atoms with Crippen molar-refractivity contribution >= 4 is 17.7 Å². The number of rotatable bonds is 9. The topological polar surface area (TPSA) is 68.6 Å². The molecule has 2 aromatic rings. The number of hydrogen-bond acceptors (Lipinski definition) is 4. The summed E-state index contributed by atoms with van der Waals surface area (Å²) in [5, 5.41) is 0. The molecule has 1 aliphatic rings. The zero-order valence-corrected chi connectivity index (χ0v) is 19.6. The molecule has 170 valence electrons. The summed E-state index contributed by atoms with van der Waals surface area (Å²) in [6.45, 7) is 11.4. The SMILES string of the molecule is C=CCN(C(=O)C1C[C@H]1c1ccccc1)C(C)C(=O)c1c(C)c(C(=O)OCC)n(C)c1C. The van der Waals surface area contributed by atoms with Gasteiger partial charge in [0, 0.05) is 30.8 Å². The van der Waals surface area contributed by atoms with Crippen LogP contribution in [0.2, 0.25) is 0 Å². The lowest BCUT2D eigenvalue weighted by Crippen LogP contribution is -2.44. The van der Waals surface area contributed by atoms with Gasteiger partial charge in [-0.2, -0.15) is 0 Å². The van der Waals surface area contributed by atoms with E-state index in [4.69, 9.17) is 4.74 Å². The molecule has 3 atom stereocenters. The molecule has 1 aromatic carbocycles. The van der Waals surface area contributed by atoms with Crippen LogP contribution in [0.25, 0.3) is 0 Å². The molecule has 6 heteroatoms. The van der Waals surface area contributed by atoms with Gasteiger partial charge in [-0.15, -0.1) is 6.58 Å². The van der Waals surface area contributed by atoms with Crippen molar-refractivity contribution < 1.29 is 19.1 Å². The van der Waals surface area contributed by atoms with Crippen molar-refractivity contribution in [2.45, 2.75) is 46.1 Å². The number of aromatic nitrogens is 1. The lowest BCUT2D eigenvalue weighted by Gasteiger charge is -2.28. The molecule has 0 bridgehead atoms. The number of amides is 1. The molecule has 1 fully saturated rings. The van der Waals surface area contributed by atoms with Crippen molar-refractivity contribution in [2.24, 2.45) is 13.0 Å². The number of esters is 1. The zero-order valence-electron chi connectivity index (χ0n) is 19.6. The molecule has 0 N–H and O–H groups in total. The number of hydrogen-bond donors (Lipinski definition) is 0.